The lowest BCUT2D eigenvalue weighted by Crippen LogP contribution is -2.57. The van der Waals surface area contributed by atoms with Crippen LogP contribution in [0.1, 0.15) is 42.3 Å². The minimum absolute atomic E-state index is 0.171. The summed E-state index contributed by atoms with van der Waals surface area (Å²) in [5.41, 5.74) is 2.05. The van der Waals surface area contributed by atoms with Crippen LogP contribution in [0.2, 0.25) is 0 Å². The van der Waals surface area contributed by atoms with Crippen molar-refractivity contribution in [3.63, 3.8) is 0 Å². The number of hydrogen-bond donors (Lipinski definition) is 4. The molecule has 3 atom stereocenters. The normalized spacial score (nSPS) is 12.9. The van der Waals surface area contributed by atoms with Crippen LogP contribution in [0.15, 0.2) is 103 Å². The molecule has 0 aliphatic heterocycles. The van der Waals surface area contributed by atoms with Crippen molar-refractivity contribution in [2.45, 2.75) is 51.9 Å². The Kier molecular flexibility index (Phi) is 11.2. The Morgan fingerprint density at radius 3 is 1.91 bits per heavy atom. The third-order valence-electron chi connectivity index (χ3n) is 7.43. The number of fused-ring (bicyclic) bond motifs is 1. The van der Waals surface area contributed by atoms with Crippen LogP contribution in [0.4, 0.5) is 0 Å². The van der Waals surface area contributed by atoms with Crippen LogP contribution >= 0.6 is 0 Å². The maximum absolute atomic E-state index is 13.5. The Hall–Kier alpha value is -5.31. The van der Waals surface area contributed by atoms with E-state index in [2.05, 4.69) is 21.3 Å². The first-order valence-corrected chi connectivity index (χ1v) is 14.9. The molecule has 232 valence electrons. The van der Waals surface area contributed by atoms with E-state index in [4.69, 9.17) is 0 Å². The van der Waals surface area contributed by atoms with Crippen LogP contribution < -0.4 is 21.3 Å². The molecule has 0 aliphatic carbocycles. The number of amides is 4. The molecular weight excluding hydrogens is 568 g/mol. The molecule has 9 heteroatoms. The van der Waals surface area contributed by atoms with Gasteiger partial charge in [0.05, 0.1) is 6.04 Å². The summed E-state index contributed by atoms with van der Waals surface area (Å²) < 4.78 is 0. The van der Waals surface area contributed by atoms with Crippen molar-refractivity contribution in [2.24, 2.45) is 5.92 Å². The van der Waals surface area contributed by atoms with Crippen LogP contribution in [-0.4, -0.2) is 47.5 Å². The number of carbonyl (C=O) groups is 5. The fraction of sp³-hybridized carbons (Fsp3) is 0.250. The fourth-order valence-corrected chi connectivity index (χ4v) is 4.84. The van der Waals surface area contributed by atoms with Crippen molar-refractivity contribution in [3.05, 3.63) is 120 Å². The van der Waals surface area contributed by atoms with E-state index in [0.29, 0.717) is 5.56 Å². The number of ketones is 1. The lowest BCUT2D eigenvalue weighted by molar-refractivity contribution is -0.141. The molecule has 3 unspecified atom stereocenters. The minimum atomic E-state index is -1.10. The van der Waals surface area contributed by atoms with Gasteiger partial charge in [-0.25, -0.2) is 0 Å². The van der Waals surface area contributed by atoms with Gasteiger partial charge in [-0.05, 0) is 46.9 Å². The molecule has 0 saturated heterocycles. The van der Waals surface area contributed by atoms with Gasteiger partial charge in [0.1, 0.15) is 12.1 Å². The predicted octanol–water partition coefficient (Wildman–Crippen LogP) is 3.71. The highest BCUT2D eigenvalue weighted by Crippen LogP contribution is 2.17. The fourth-order valence-electron chi connectivity index (χ4n) is 4.84. The second-order valence-electron chi connectivity index (χ2n) is 11.3. The first-order chi connectivity index (χ1) is 21.6. The summed E-state index contributed by atoms with van der Waals surface area (Å²) in [6, 6.07) is 28.2. The summed E-state index contributed by atoms with van der Waals surface area (Å²) in [4.78, 5) is 65.4. The zero-order valence-corrected chi connectivity index (χ0v) is 25.6. The second-order valence-corrected chi connectivity index (χ2v) is 11.3. The molecule has 0 heterocycles. The van der Waals surface area contributed by atoms with Crippen molar-refractivity contribution < 1.29 is 24.0 Å². The first kappa shape index (κ1) is 32.6. The van der Waals surface area contributed by atoms with E-state index in [-0.39, 0.29) is 13.0 Å². The summed E-state index contributed by atoms with van der Waals surface area (Å²) in [6.45, 7) is 5.09. The smallest absolute Gasteiger partial charge is 0.289 e. The summed E-state index contributed by atoms with van der Waals surface area (Å²) in [5.74, 6) is -3.61. The molecule has 0 aliphatic rings. The maximum atomic E-state index is 13.5. The molecule has 45 heavy (non-hydrogen) atoms. The van der Waals surface area contributed by atoms with Crippen molar-refractivity contribution in [1.82, 2.24) is 21.3 Å². The standard InChI is InChI=1S/C36H38N4O5/c1-23(2)31(32(41)36(45)37-22-25-12-6-4-7-13-25)40-33(42)24(3)38-35(44)30(39-34(43)28-15-8-5-9-16-28)21-26-18-19-27-14-10-11-17-29(27)20-26/h4-20,23-24,30-31H,21-22H2,1-3H3,(H,37,45)(H,38,44)(H,39,43)(H,40,42). The van der Waals surface area contributed by atoms with E-state index < -0.39 is 53.5 Å². The van der Waals surface area contributed by atoms with Gasteiger partial charge in [-0.3, -0.25) is 24.0 Å². The van der Waals surface area contributed by atoms with Gasteiger partial charge in [0.2, 0.25) is 17.6 Å². The molecule has 4 aromatic rings. The van der Waals surface area contributed by atoms with Gasteiger partial charge in [-0.2, -0.15) is 0 Å². The minimum Gasteiger partial charge on any atom is -0.345 e. The van der Waals surface area contributed by atoms with Gasteiger partial charge in [0.15, 0.2) is 0 Å². The average molecular weight is 607 g/mol. The molecule has 0 saturated carbocycles. The molecule has 0 radical (unpaired) electrons. The highest BCUT2D eigenvalue weighted by atomic mass is 16.2. The maximum Gasteiger partial charge on any atom is 0.289 e. The Morgan fingerprint density at radius 1 is 0.622 bits per heavy atom. The quantitative estimate of drug-likeness (QED) is 0.172. The van der Waals surface area contributed by atoms with E-state index in [1.807, 2.05) is 72.8 Å². The molecule has 0 bridgehead atoms. The Labute approximate surface area is 262 Å². The highest BCUT2D eigenvalue weighted by molar-refractivity contribution is 6.38. The Morgan fingerprint density at radius 2 is 1.24 bits per heavy atom. The monoisotopic (exact) mass is 606 g/mol. The molecule has 0 aromatic heterocycles. The van der Waals surface area contributed by atoms with Gasteiger partial charge in [0, 0.05) is 18.5 Å². The molecule has 0 spiro atoms. The van der Waals surface area contributed by atoms with E-state index in [1.165, 1.54) is 6.92 Å². The summed E-state index contributed by atoms with van der Waals surface area (Å²) in [5, 5.41) is 12.7. The first-order valence-electron chi connectivity index (χ1n) is 14.9. The zero-order chi connectivity index (χ0) is 32.3. The number of rotatable bonds is 13. The highest BCUT2D eigenvalue weighted by Gasteiger charge is 2.32. The van der Waals surface area contributed by atoms with Gasteiger partial charge in [-0.1, -0.05) is 105 Å². The summed E-state index contributed by atoms with van der Waals surface area (Å²) >= 11 is 0. The van der Waals surface area contributed by atoms with Crippen molar-refractivity contribution >= 4 is 40.2 Å². The SMILES string of the molecule is CC(NC(=O)C(Cc1ccc2ccccc2c1)NC(=O)c1ccccc1)C(=O)NC(C(=O)C(=O)NCc1ccccc1)C(C)C. The van der Waals surface area contributed by atoms with Crippen LogP contribution in [0.3, 0.4) is 0 Å². The lowest BCUT2D eigenvalue weighted by atomic mass is 9.98. The van der Waals surface area contributed by atoms with E-state index in [9.17, 15) is 24.0 Å². The third-order valence-corrected chi connectivity index (χ3v) is 7.43. The summed E-state index contributed by atoms with van der Waals surface area (Å²) in [6.07, 6.45) is 0.179. The molecule has 4 aromatic carbocycles. The van der Waals surface area contributed by atoms with Crippen molar-refractivity contribution in [1.29, 1.82) is 0 Å². The summed E-state index contributed by atoms with van der Waals surface area (Å²) in [7, 11) is 0. The Balaban J connectivity index is 1.43. The average Bonchev–Trinajstić information content (AvgIpc) is 3.05. The van der Waals surface area contributed by atoms with Gasteiger partial charge in [0.25, 0.3) is 11.8 Å². The molecule has 0 fully saturated rings. The zero-order valence-electron chi connectivity index (χ0n) is 25.6. The number of Topliss-reactive ketones (excluding diaryl/α,β-unsaturated/α-hetero) is 1. The molecule has 4 rings (SSSR count). The lowest BCUT2D eigenvalue weighted by Gasteiger charge is -2.25. The van der Waals surface area contributed by atoms with Crippen LogP contribution in [0.25, 0.3) is 10.8 Å². The second kappa shape index (κ2) is 15.4. The largest absolute Gasteiger partial charge is 0.345 e. The third kappa shape index (κ3) is 9.09. The van der Waals surface area contributed by atoms with Crippen molar-refractivity contribution in [2.75, 3.05) is 0 Å². The predicted molar refractivity (Wildman–Crippen MR) is 173 cm³/mol. The number of nitrogens with one attached hydrogen (secondary N) is 4. The molecule has 9 nitrogen and oxygen atoms in total. The van der Waals surface area contributed by atoms with E-state index in [0.717, 1.165) is 21.9 Å². The molecule has 4 amide bonds. The topological polar surface area (TPSA) is 133 Å². The van der Waals surface area contributed by atoms with Crippen molar-refractivity contribution in [3.8, 4) is 0 Å². The molecular formula is C36H38N4O5. The molecule has 4 N–H and O–H groups in total. The van der Waals surface area contributed by atoms with E-state index in [1.54, 1.807) is 44.2 Å². The number of benzene rings is 4. The number of carbonyl (C=O) groups excluding carboxylic acids is 5. The van der Waals surface area contributed by atoms with Gasteiger partial charge in [-0.15, -0.1) is 0 Å². The van der Waals surface area contributed by atoms with Gasteiger partial charge < -0.3 is 21.3 Å². The van der Waals surface area contributed by atoms with Crippen LogP contribution in [0, 0.1) is 5.92 Å². The number of hydrogen-bond acceptors (Lipinski definition) is 5. The van der Waals surface area contributed by atoms with Crippen LogP contribution in [0.5, 0.6) is 0 Å². The van der Waals surface area contributed by atoms with Gasteiger partial charge >= 0.3 is 0 Å². The Bertz CT molecular complexity index is 1660. The van der Waals surface area contributed by atoms with E-state index >= 15 is 0 Å². The van der Waals surface area contributed by atoms with Crippen LogP contribution in [-0.2, 0) is 32.1 Å².